The molecule has 0 aliphatic carbocycles. The molecule has 0 spiro atoms. The van der Waals surface area contributed by atoms with Crippen LogP contribution in [0.1, 0.15) is 67.8 Å². The molecule has 2 nitrogen and oxygen atoms in total. The first-order chi connectivity index (χ1) is 12.3. The van der Waals surface area contributed by atoms with Gasteiger partial charge in [-0.05, 0) is 64.5 Å². The number of nitrogens with two attached hydrogens (primary N) is 1. The van der Waals surface area contributed by atoms with Gasteiger partial charge in [-0.1, -0.05) is 59.7 Å². The number of benzene rings is 2. The first-order valence-electron chi connectivity index (χ1n) is 9.83. The van der Waals surface area contributed by atoms with Crippen LogP contribution in [0.15, 0.2) is 48.5 Å². The molecule has 26 heavy (non-hydrogen) atoms. The van der Waals surface area contributed by atoms with Crippen LogP contribution in [0.3, 0.4) is 0 Å². The van der Waals surface area contributed by atoms with Crippen LogP contribution in [0, 0.1) is 13.8 Å². The van der Waals surface area contributed by atoms with E-state index in [2.05, 4.69) is 76.2 Å². The van der Waals surface area contributed by atoms with Gasteiger partial charge in [0.05, 0.1) is 5.60 Å². The summed E-state index contributed by atoms with van der Waals surface area (Å²) in [6.45, 7) is 9.52. The van der Waals surface area contributed by atoms with E-state index in [9.17, 15) is 0 Å². The first kappa shape index (κ1) is 19.1. The zero-order valence-electron chi connectivity index (χ0n) is 16.7. The molecule has 1 fully saturated rings. The smallest absolute Gasteiger partial charge is 0.0635 e. The highest BCUT2D eigenvalue weighted by Crippen LogP contribution is 2.45. The van der Waals surface area contributed by atoms with Crippen molar-refractivity contribution in [1.29, 1.82) is 0 Å². The molecule has 1 aliphatic rings. The van der Waals surface area contributed by atoms with Gasteiger partial charge in [-0.15, -0.1) is 0 Å². The highest BCUT2D eigenvalue weighted by molar-refractivity contribution is 5.30. The average molecular weight is 352 g/mol. The fourth-order valence-electron chi connectivity index (χ4n) is 4.40. The normalized spacial score (nSPS) is 23.6. The van der Waals surface area contributed by atoms with Gasteiger partial charge in [-0.3, -0.25) is 0 Å². The van der Waals surface area contributed by atoms with Gasteiger partial charge in [-0.25, -0.2) is 0 Å². The summed E-state index contributed by atoms with van der Waals surface area (Å²) in [6, 6.07) is 17.8. The summed E-state index contributed by atoms with van der Waals surface area (Å²) >= 11 is 0. The van der Waals surface area contributed by atoms with Crippen LogP contribution in [-0.2, 0) is 10.2 Å². The van der Waals surface area contributed by atoms with Gasteiger partial charge in [0.25, 0.3) is 0 Å². The van der Waals surface area contributed by atoms with Gasteiger partial charge in [0.1, 0.15) is 0 Å². The van der Waals surface area contributed by atoms with E-state index in [1.807, 2.05) is 0 Å². The summed E-state index contributed by atoms with van der Waals surface area (Å²) in [5, 5.41) is 0. The van der Waals surface area contributed by atoms with E-state index < -0.39 is 0 Å². The summed E-state index contributed by atoms with van der Waals surface area (Å²) < 4.78 is 6.04. The fraction of sp³-hybridized carbons (Fsp3) is 0.500. The van der Waals surface area contributed by atoms with Gasteiger partial charge in [0.15, 0.2) is 0 Å². The maximum Gasteiger partial charge on any atom is 0.0635 e. The molecular weight excluding hydrogens is 318 g/mol. The Morgan fingerprint density at radius 2 is 1.54 bits per heavy atom. The van der Waals surface area contributed by atoms with Crippen LogP contribution in [0.5, 0.6) is 0 Å². The lowest BCUT2D eigenvalue weighted by Gasteiger charge is -2.46. The Balaban J connectivity index is 1.82. The molecule has 2 N–H and O–H groups in total. The van der Waals surface area contributed by atoms with E-state index in [0.717, 1.165) is 32.3 Å². The minimum Gasteiger partial charge on any atom is -0.376 e. The van der Waals surface area contributed by atoms with Crippen molar-refractivity contribution in [3.8, 4) is 0 Å². The molecule has 0 aromatic heterocycles. The second-order valence-electron chi connectivity index (χ2n) is 8.74. The van der Waals surface area contributed by atoms with E-state index in [-0.39, 0.29) is 17.1 Å². The van der Waals surface area contributed by atoms with Gasteiger partial charge >= 0.3 is 0 Å². The van der Waals surface area contributed by atoms with Crippen LogP contribution in [0.4, 0.5) is 0 Å². The third-order valence-electron chi connectivity index (χ3n) is 5.94. The van der Waals surface area contributed by atoms with E-state index >= 15 is 0 Å². The minimum absolute atomic E-state index is 0.0862. The Bertz CT molecular complexity index is 717. The van der Waals surface area contributed by atoms with Crippen molar-refractivity contribution in [1.82, 2.24) is 0 Å². The van der Waals surface area contributed by atoms with Crippen molar-refractivity contribution < 1.29 is 4.74 Å². The molecule has 1 heterocycles. The summed E-state index contributed by atoms with van der Waals surface area (Å²) in [5.41, 5.74) is 11.9. The van der Waals surface area contributed by atoms with Crippen LogP contribution in [0.25, 0.3) is 0 Å². The molecule has 2 aromatic rings. The predicted octanol–water partition coefficient (Wildman–Crippen LogP) is 5.61. The Morgan fingerprint density at radius 3 is 2.12 bits per heavy atom. The zero-order chi connectivity index (χ0) is 18.8. The molecule has 2 heteroatoms. The standard InChI is InChI=1S/C24H33NO/c1-18-5-9-20(10-6-18)22(25)13-14-24(15-16-26-23(3,4)17-24)21-11-7-19(2)8-12-21/h5-12,22H,13-17,25H2,1-4H3. The predicted molar refractivity (Wildman–Crippen MR) is 109 cm³/mol. The van der Waals surface area contributed by atoms with Gasteiger partial charge in [0.2, 0.25) is 0 Å². The zero-order valence-corrected chi connectivity index (χ0v) is 16.7. The maximum atomic E-state index is 6.56. The molecule has 3 rings (SSSR count). The minimum atomic E-state index is -0.0862. The van der Waals surface area contributed by atoms with Crippen LogP contribution in [-0.4, -0.2) is 12.2 Å². The van der Waals surface area contributed by atoms with Gasteiger partial charge in [-0.2, -0.15) is 0 Å². The fourth-order valence-corrected chi connectivity index (χ4v) is 4.40. The summed E-state index contributed by atoms with van der Waals surface area (Å²) in [4.78, 5) is 0. The van der Waals surface area contributed by atoms with E-state index in [1.54, 1.807) is 0 Å². The quantitative estimate of drug-likeness (QED) is 0.760. The van der Waals surface area contributed by atoms with Crippen LogP contribution < -0.4 is 5.73 Å². The molecule has 140 valence electrons. The molecule has 0 saturated carbocycles. The van der Waals surface area contributed by atoms with Crippen molar-refractivity contribution >= 4 is 0 Å². The molecule has 1 aliphatic heterocycles. The van der Waals surface area contributed by atoms with Crippen LogP contribution >= 0.6 is 0 Å². The Hall–Kier alpha value is -1.64. The monoisotopic (exact) mass is 351 g/mol. The number of rotatable bonds is 5. The third kappa shape index (κ3) is 4.36. The molecular formula is C24H33NO. The molecule has 0 bridgehead atoms. The number of hydrogen-bond donors (Lipinski definition) is 1. The summed E-state index contributed by atoms with van der Waals surface area (Å²) in [6.07, 6.45) is 4.20. The number of hydrogen-bond acceptors (Lipinski definition) is 2. The topological polar surface area (TPSA) is 35.2 Å². The molecule has 2 aromatic carbocycles. The largest absolute Gasteiger partial charge is 0.376 e. The molecule has 0 amide bonds. The molecule has 0 radical (unpaired) electrons. The van der Waals surface area contributed by atoms with Crippen LogP contribution in [0.2, 0.25) is 0 Å². The third-order valence-corrected chi connectivity index (χ3v) is 5.94. The van der Waals surface area contributed by atoms with Gasteiger partial charge in [0, 0.05) is 18.1 Å². The SMILES string of the molecule is Cc1ccc(C(N)CCC2(c3ccc(C)cc3)CCOC(C)(C)C2)cc1. The number of aryl methyl sites for hydroxylation is 2. The lowest BCUT2D eigenvalue weighted by atomic mass is 9.66. The average Bonchev–Trinajstić information content (AvgIpc) is 2.60. The molecule has 1 saturated heterocycles. The van der Waals surface area contributed by atoms with Crippen molar-refractivity contribution in [3.63, 3.8) is 0 Å². The summed E-state index contributed by atoms with van der Waals surface area (Å²) in [7, 11) is 0. The Labute approximate surface area is 158 Å². The van der Waals surface area contributed by atoms with Gasteiger partial charge < -0.3 is 10.5 Å². The second kappa shape index (κ2) is 7.54. The van der Waals surface area contributed by atoms with E-state index in [0.29, 0.717) is 0 Å². The van der Waals surface area contributed by atoms with Crippen molar-refractivity contribution in [2.45, 2.75) is 70.4 Å². The highest BCUT2D eigenvalue weighted by atomic mass is 16.5. The lowest BCUT2D eigenvalue weighted by molar-refractivity contribution is -0.0847. The van der Waals surface area contributed by atoms with E-state index in [1.165, 1.54) is 22.3 Å². The van der Waals surface area contributed by atoms with Crippen molar-refractivity contribution in [3.05, 3.63) is 70.8 Å². The Morgan fingerprint density at radius 1 is 0.962 bits per heavy atom. The highest BCUT2D eigenvalue weighted by Gasteiger charge is 2.42. The molecule has 2 unspecified atom stereocenters. The molecule has 2 atom stereocenters. The summed E-state index contributed by atoms with van der Waals surface area (Å²) in [5.74, 6) is 0. The van der Waals surface area contributed by atoms with E-state index in [4.69, 9.17) is 10.5 Å². The lowest BCUT2D eigenvalue weighted by Crippen LogP contribution is -2.44. The maximum absolute atomic E-state index is 6.56. The van der Waals surface area contributed by atoms with Crippen molar-refractivity contribution in [2.24, 2.45) is 5.73 Å². The Kier molecular flexibility index (Phi) is 5.55. The van der Waals surface area contributed by atoms with Crippen molar-refractivity contribution in [2.75, 3.05) is 6.61 Å². The second-order valence-corrected chi connectivity index (χ2v) is 8.74. The first-order valence-corrected chi connectivity index (χ1v) is 9.83. The number of ether oxygens (including phenoxy) is 1.